The molecule has 0 aliphatic heterocycles. The highest BCUT2D eigenvalue weighted by Gasteiger charge is 2.17. The van der Waals surface area contributed by atoms with E-state index in [2.05, 4.69) is 159 Å². The van der Waals surface area contributed by atoms with Gasteiger partial charge in [0.2, 0.25) is 0 Å². The van der Waals surface area contributed by atoms with Crippen molar-refractivity contribution in [3.8, 4) is 62.2 Å². The third kappa shape index (κ3) is 5.65. The summed E-state index contributed by atoms with van der Waals surface area (Å²) in [5.41, 5.74) is 13.1. The molecule has 0 N–H and O–H groups in total. The molecule has 4 heterocycles. The molecule has 12 aromatic rings. The molecule has 0 saturated carbocycles. The van der Waals surface area contributed by atoms with Crippen molar-refractivity contribution in [2.75, 3.05) is 0 Å². The van der Waals surface area contributed by atoms with Gasteiger partial charge < -0.3 is 4.57 Å². The average molecular weight is 786 g/mol. The second-order valence-corrected chi connectivity index (χ2v) is 15.4. The number of hydrogen-bond acceptors (Lipinski definition) is 7. The summed E-state index contributed by atoms with van der Waals surface area (Å²) in [7, 11) is 0. The quantitative estimate of drug-likeness (QED) is 0.156. The number of aromatic nitrogens is 7. The monoisotopic (exact) mass is 785 g/mol. The van der Waals surface area contributed by atoms with Crippen LogP contribution < -0.4 is 0 Å². The Bertz CT molecular complexity index is 3520. The molecule has 7 nitrogen and oxygen atoms in total. The zero-order valence-electron chi connectivity index (χ0n) is 31.9. The van der Waals surface area contributed by atoms with E-state index in [1.54, 1.807) is 0 Å². The van der Waals surface area contributed by atoms with Crippen LogP contribution in [0.15, 0.2) is 188 Å². The normalized spacial score (nSPS) is 11.7. The molecule has 0 saturated heterocycles. The molecule has 280 valence electrons. The highest BCUT2D eigenvalue weighted by Crippen LogP contribution is 2.38. The van der Waals surface area contributed by atoms with E-state index >= 15 is 0 Å². The molecule has 0 radical (unpaired) electrons. The average Bonchev–Trinajstić information content (AvgIpc) is 3.95. The van der Waals surface area contributed by atoms with Crippen molar-refractivity contribution in [3.05, 3.63) is 188 Å². The molecule has 4 aromatic heterocycles. The SMILES string of the molecule is c1ccc(-c2nc(-c3ccc(-c4ccc(-c5nc6ccccc6c6c5ccc5nsnc56)cc4)cc3)nc(-c3ccc(-n4c5ccccc5c5ccccc54)cc3)n2)cc1. The molecular formula is C52H31N7S. The van der Waals surface area contributed by atoms with Gasteiger partial charge in [0.25, 0.3) is 0 Å². The van der Waals surface area contributed by atoms with Gasteiger partial charge in [-0.15, -0.1) is 0 Å². The van der Waals surface area contributed by atoms with Crippen LogP contribution >= 0.6 is 11.7 Å². The van der Waals surface area contributed by atoms with Gasteiger partial charge in [0, 0.05) is 54.9 Å². The summed E-state index contributed by atoms with van der Waals surface area (Å²) in [6.45, 7) is 0. The van der Waals surface area contributed by atoms with Crippen molar-refractivity contribution in [1.29, 1.82) is 0 Å². The van der Waals surface area contributed by atoms with E-state index < -0.39 is 0 Å². The fourth-order valence-electron chi connectivity index (χ4n) is 8.45. The predicted molar refractivity (Wildman–Crippen MR) is 245 cm³/mol. The van der Waals surface area contributed by atoms with Gasteiger partial charge in [0.15, 0.2) is 17.5 Å². The zero-order chi connectivity index (χ0) is 39.6. The molecule has 0 fully saturated rings. The van der Waals surface area contributed by atoms with E-state index in [1.165, 1.54) is 33.5 Å². The van der Waals surface area contributed by atoms with Gasteiger partial charge in [-0.3, -0.25) is 0 Å². The number of benzene rings is 8. The molecule has 0 bridgehead atoms. The highest BCUT2D eigenvalue weighted by molar-refractivity contribution is 7.00. The second kappa shape index (κ2) is 13.9. The predicted octanol–water partition coefficient (Wildman–Crippen LogP) is 13.0. The first-order valence-corrected chi connectivity index (χ1v) is 20.5. The topological polar surface area (TPSA) is 82.3 Å². The van der Waals surface area contributed by atoms with E-state index in [-0.39, 0.29) is 0 Å². The molecule has 0 atom stereocenters. The molecule has 0 amide bonds. The summed E-state index contributed by atoms with van der Waals surface area (Å²) >= 11 is 1.24. The largest absolute Gasteiger partial charge is 0.309 e. The first kappa shape index (κ1) is 34.1. The van der Waals surface area contributed by atoms with Crippen molar-refractivity contribution in [2.24, 2.45) is 0 Å². The zero-order valence-corrected chi connectivity index (χ0v) is 32.8. The van der Waals surface area contributed by atoms with Crippen LogP contribution in [-0.2, 0) is 0 Å². The molecule has 0 aliphatic carbocycles. The Morgan fingerprint density at radius 1 is 0.333 bits per heavy atom. The Morgan fingerprint density at radius 2 is 0.833 bits per heavy atom. The maximum absolute atomic E-state index is 5.14. The molecule has 60 heavy (non-hydrogen) atoms. The van der Waals surface area contributed by atoms with Crippen LogP contribution in [0.5, 0.6) is 0 Å². The lowest BCUT2D eigenvalue weighted by Crippen LogP contribution is -2.00. The van der Waals surface area contributed by atoms with Crippen LogP contribution in [0.1, 0.15) is 0 Å². The smallest absolute Gasteiger partial charge is 0.164 e. The minimum absolute atomic E-state index is 0.617. The van der Waals surface area contributed by atoms with Crippen LogP contribution in [0.4, 0.5) is 0 Å². The Morgan fingerprint density at radius 3 is 1.47 bits per heavy atom. The molecule has 12 rings (SSSR count). The summed E-state index contributed by atoms with van der Waals surface area (Å²) in [6.07, 6.45) is 0. The molecule has 0 unspecified atom stereocenters. The van der Waals surface area contributed by atoms with Gasteiger partial charge in [-0.05, 0) is 65.7 Å². The Balaban J connectivity index is 0.888. The Labute approximate surface area is 348 Å². The van der Waals surface area contributed by atoms with Crippen molar-refractivity contribution in [2.45, 2.75) is 0 Å². The van der Waals surface area contributed by atoms with Crippen molar-refractivity contribution >= 4 is 66.2 Å². The van der Waals surface area contributed by atoms with Gasteiger partial charge in [-0.1, -0.05) is 133 Å². The molecular weight excluding hydrogens is 755 g/mol. The Hall–Kier alpha value is -7.94. The van der Waals surface area contributed by atoms with Crippen LogP contribution in [0.2, 0.25) is 0 Å². The Kier molecular flexibility index (Phi) is 7.89. The fraction of sp³-hybridized carbons (Fsp3) is 0. The summed E-state index contributed by atoms with van der Waals surface area (Å²) in [6, 6.07) is 65.2. The number of para-hydroxylation sites is 3. The summed E-state index contributed by atoms with van der Waals surface area (Å²) in [4.78, 5) is 20.2. The van der Waals surface area contributed by atoms with Gasteiger partial charge in [0.1, 0.15) is 11.0 Å². The van der Waals surface area contributed by atoms with Gasteiger partial charge in [0.05, 0.1) is 34.0 Å². The third-order valence-corrected chi connectivity index (χ3v) is 11.9. The number of nitrogens with zero attached hydrogens (tertiary/aromatic N) is 7. The lowest BCUT2D eigenvalue weighted by molar-refractivity contribution is 1.07. The molecule has 0 aliphatic rings. The van der Waals surface area contributed by atoms with Gasteiger partial charge in [-0.2, -0.15) is 8.75 Å². The summed E-state index contributed by atoms with van der Waals surface area (Å²) < 4.78 is 11.5. The fourth-order valence-corrected chi connectivity index (χ4v) is 8.99. The number of fused-ring (bicyclic) bond motifs is 8. The van der Waals surface area contributed by atoms with E-state index in [0.717, 1.165) is 77.5 Å². The van der Waals surface area contributed by atoms with Crippen LogP contribution in [0, 0.1) is 0 Å². The summed E-state index contributed by atoms with van der Waals surface area (Å²) in [5.74, 6) is 1.86. The van der Waals surface area contributed by atoms with Crippen LogP contribution in [0.25, 0.3) is 117 Å². The number of rotatable bonds is 6. The van der Waals surface area contributed by atoms with Gasteiger partial charge >= 0.3 is 0 Å². The van der Waals surface area contributed by atoms with Crippen LogP contribution in [0.3, 0.4) is 0 Å². The molecule has 0 spiro atoms. The molecule has 8 aromatic carbocycles. The van der Waals surface area contributed by atoms with Crippen LogP contribution in [-0.4, -0.2) is 33.3 Å². The van der Waals surface area contributed by atoms with Gasteiger partial charge in [-0.25, -0.2) is 19.9 Å². The standard InChI is InChI=1S/C52H31N7S/c1-2-10-35(11-3-1)50-54-51(56-52(55-50)37-26-28-38(29-27-37)59-45-16-8-5-12-39(45)40-13-6-9-17-46(40)59)36-24-20-33(21-25-36)32-18-22-34(23-19-32)48-42-30-31-44-49(58-60-57-44)47(42)41-14-4-7-15-43(41)53-48/h1-31H. The second-order valence-electron chi connectivity index (χ2n) is 14.8. The summed E-state index contributed by atoms with van der Waals surface area (Å²) in [5, 5.41) is 5.71. The van der Waals surface area contributed by atoms with E-state index in [9.17, 15) is 0 Å². The van der Waals surface area contributed by atoms with E-state index in [4.69, 9.17) is 19.9 Å². The minimum Gasteiger partial charge on any atom is -0.309 e. The van der Waals surface area contributed by atoms with E-state index in [1.807, 2.05) is 42.5 Å². The van der Waals surface area contributed by atoms with Crippen molar-refractivity contribution in [3.63, 3.8) is 0 Å². The molecule has 8 heteroatoms. The first-order valence-electron chi connectivity index (χ1n) is 19.8. The van der Waals surface area contributed by atoms with E-state index in [0.29, 0.717) is 17.5 Å². The highest BCUT2D eigenvalue weighted by atomic mass is 32.1. The maximum Gasteiger partial charge on any atom is 0.164 e. The van der Waals surface area contributed by atoms with Crippen molar-refractivity contribution in [1.82, 2.24) is 33.3 Å². The maximum atomic E-state index is 5.14. The number of hydrogen-bond donors (Lipinski definition) is 0. The first-order chi connectivity index (χ1) is 29.7. The minimum atomic E-state index is 0.617. The lowest BCUT2D eigenvalue weighted by atomic mass is 9.97. The van der Waals surface area contributed by atoms with Crippen molar-refractivity contribution < 1.29 is 0 Å². The third-order valence-electron chi connectivity index (χ3n) is 11.4. The number of pyridine rings is 1. The lowest BCUT2D eigenvalue weighted by Gasteiger charge is -2.12.